The normalized spacial score (nSPS) is 15.9. The largest absolute Gasteiger partial charge is 0.490 e. The Bertz CT molecular complexity index is 1000. The van der Waals surface area contributed by atoms with E-state index in [-0.39, 0.29) is 12.0 Å². The van der Waals surface area contributed by atoms with Gasteiger partial charge in [0.15, 0.2) is 16.6 Å². The van der Waals surface area contributed by atoms with E-state index in [9.17, 15) is 4.79 Å². The fraction of sp³-hybridized carbons (Fsp3) is 0.333. The van der Waals surface area contributed by atoms with Crippen LogP contribution in [-0.4, -0.2) is 23.7 Å². The number of aryl methyl sites for hydroxylation is 1. The summed E-state index contributed by atoms with van der Waals surface area (Å²) in [7, 11) is 0. The van der Waals surface area contributed by atoms with Crippen LogP contribution in [0.15, 0.2) is 53.7 Å². The molecule has 0 unspecified atom stereocenters. The average molecular weight is 440 g/mol. The Morgan fingerprint density at radius 3 is 2.48 bits per heavy atom. The Hall–Kier alpha value is -3.06. The number of nitrogens with one attached hydrogen (secondary N) is 3. The monoisotopic (exact) mass is 439 g/mol. The van der Waals surface area contributed by atoms with Crippen LogP contribution < -0.4 is 25.4 Å². The van der Waals surface area contributed by atoms with Crippen molar-refractivity contribution >= 4 is 28.9 Å². The van der Waals surface area contributed by atoms with Gasteiger partial charge in [0.2, 0.25) is 0 Å². The van der Waals surface area contributed by atoms with Gasteiger partial charge in [0.05, 0.1) is 24.3 Å². The smallest absolute Gasteiger partial charge is 0.255 e. The molecule has 0 radical (unpaired) electrons. The number of ether oxygens (including phenoxy) is 2. The number of amides is 1. The van der Waals surface area contributed by atoms with Crippen LogP contribution in [0.1, 0.15) is 44.9 Å². The molecule has 6 nitrogen and oxygen atoms in total. The van der Waals surface area contributed by atoms with Crippen LogP contribution in [0.3, 0.4) is 0 Å². The van der Waals surface area contributed by atoms with Crippen molar-refractivity contribution < 1.29 is 14.3 Å². The van der Waals surface area contributed by atoms with E-state index in [1.165, 1.54) is 0 Å². The number of allylic oxidation sites excluding steroid dienone is 1. The summed E-state index contributed by atoms with van der Waals surface area (Å²) in [5.41, 5.74) is 3.99. The molecule has 0 saturated heterocycles. The quantitative estimate of drug-likeness (QED) is 0.547. The first kappa shape index (κ1) is 22.6. The lowest BCUT2D eigenvalue weighted by atomic mass is 9.94. The van der Waals surface area contributed by atoms with Gasteiger partial charge in [-0.2, -0.15) is 0 Å². The molecule has 1 amide bonds. The maximum Gasteiger partial charge on any atom is 0.255 e. The lowest BCUT2D eigenvalue weighted by Gasteiger charge is -2.31. The number of benzene rings is 2. The molecular formula is C24H29N3O3S. The Morgan fingerprint density at radius 2 is 1.84 bits per heavy atom. The van der Waals surface area contributed by atoms with Gasteiger partial charge in [-0.3, -0.25) is 4.79 Å². The topological polar surface area (TPSA) is 71.6 Å². The molecule has 1 aliphatic heterocycles. The molecule has 31 heavy (non-hydrogen) atoms. The van der Waals surface area contributed by atoms with Gasteiger partial charge >= 0.3 is 0 Å². The zero-order valence-electron chi connectivity index (χ0n) is 18.5. The van der Waals surface area contributed by atoms with Crippen LogP contribution in [0.5, 0.6) is 11.5 Å². The first-order valence-electron chi connectivity index (χ1n) is 10.4. The molecule has 3 N–H and O–H groups in total. The number of thiocarbonyl (C=S) groups is 1. The van der Waals surface area contributed by atoms with E-state index in [0.717, 1.165) is 16.8 Å². The zero-order valence-corrected chi connectivity index (χ0v) is 19.4. The van der Waals surface area contributed by atoms with Crippen molar-refractivity contribution in [2.24, 2.45) is 0 Å². The number of anilines is 1. The molecule has 0 aliphatic carbocycles. The lowest BCUT2D eigenvalue weighted by Crippen LogP contribution is -2.45. The predicted molar refractivity (Wildman–Crippen MR) is 127 cm³/mol. The summed E-state index contributed by atoms with van der Waals surface area (Å²) < 4.78 is 11.7. The van der Waals surface area contributed by atoms with E-state index in [4.69, 9.17) is 21.7 Å². The van der Waals surface area contributed by atoms with Crippen LogP contribution >= 0.6 is 12.2 Å². The van der Waals surface area contributed by atoms with Crippen molar-refractivity contribution in [3.63, 3.8) is 0 Å². The van der Waals surface area contributed by atoms with Crippen molar-refractivity contribution in [1.29, 1.82) is 0 Å². The van der Waals surface area contributed by atoms with E-state index in [0.29, 0.717) is 34.5 Å². The van der Waals surface area contributed by atoms with Crippen molar-refractivity contribution in [1.82, 2.24) is 10.6 Å². The highest BCUT2D eigenvalue weighted by atomic mass is 32.1. The zero-order chi connectivity index (χ0) is 22.5. The van der Waals surface area contributed by atoms with Crippen LogP contribution in [0.25, 0.3) is 0 Å². The van der Waals surface area contributed by atoms with E-state index >= 15 is 0 Å². The first-order chi connectivity index (χ1) is 14.8. The molecule has 0 bridgehead atoms. The molecule has 1 heterocycles. The second kappa shape index (κ2) is 9.83. The molecule has 1 aliphatic rings. The van der Waals surface area contributed by atoms with E-state index in [1.807, 2.05) is 77.1 Å². The van der Waals surface area contributed by atoms with Crippen LogP contribution in [0.4, 0.5) is 5.69 Å². The van der Waals surface area contributed by atoms with Crippen molar-refractivity contribution in [3.8, 4) is 11.5 Å². The van der Waals surface area contributed by atoms with Crippen LogP contribution in [0.2, 0.25) is 0 Å². The van der Waals surface area contributed by atoms with Gasteiger partial charge in [-0.25, -0.2) is 0 Å². The number of rotatable bonds is 7. The second-order valence-electron chi connectivity index (χ2n) is 7.70. The molecule has 7 heteroatoms. The van der Waals surface area contributed by atoms with Crippen molar-refractivity contribution in [2.45, 2.75) is 46.8 Å². The van der Waals surface area contributed by atoms with Gasteiger partial charge in [0, 0.05) is 11.4 Å². The molecule has 0 spiro atoms. The standard InChI is InChI=1S/C24H29N3O3S/c1-6-29-20-13-17(9-12-19(20)30-14(2)3)22-21(16(5)25-24(31)27-22)23(28)26-18-10-7-15(4)8-11-18/h7-14,22H,6H2,1-5H3,(H,26,28)(H2,25,27,31)/t22-/m1/s1. The van der Waals surface area contributed by atoms with Gasteiger partial charge in [-0.05, 0) is 76.7 Å². The number of carbonyl (C=O) groups excluding carboxylic acids is 1. The third kappa shape index (κ3) is 5.55. The Morgan fingerprint density at radius 1 is 1.13 bits per heavy atom. The molecule has 0 aromatic heterocycles. The minimum Gasteiger partial charge on any atom is -0.490 e. The van der Waals surface area contributed by atoms with Crippen LogP contribution in [-0.2, 0) is 4.79 Å². The molecular weight excluding hydrogens is 410 g/mol. The highest BCUT2D eigenvalue weighted by molar-refractivity contribution is 7.80. The van der Waals surface area contributed by atoms with Crippen molar-refractivity contribution in [2.75, 3.05) is 11.9 Å². The highest BCUT2D eigenvalue weighted by Gasteiger charge is 2.30. The molecule has 164 valence electrons. The number of hydrogen-bond acceptors (Lipinski definition) is 4. The van der Waals surface area contributed by atoms with Crippen molar-refractivity contribution in [3.05, 3.63) is 64.9 Å². The number of hydrogen-bond donors (Lipinski definition) is 3. The maximum atomic E-state index is 13.2. The molecule has 2 aromatic rings. The van der Waals surface area contributed by atoms with Crippen LogP contribution in [0, 0.1) is 6.92 Å². The van der Waals surface area contributed by atoms with Gasteiger partial charge in [0.25, 0.3) is 5.91 Å². The van der Waals surface area contributed by atoms with Gasteiger partial charge < -0.3 is 25.4 Å². The van der Waals surface area contributed by atoms with E-state index in [2.05, 4.69) is 16.0 Å². The van der Waals surface area contributed by atoms with Gasteiger partial charge in [-0.1, -0.05) is 23.8 Å². The third-order valence-electron chi connectivity index (χ3n) is 4.79. The minimum atomic E-state index is -0.425. The van der Waals surface area contributed by atoms with E-state index in [1.54, 1.807) is 0 Å². The summed E-state index contributed by atoms with van der Waals surface area (Å²) in [5, 5.41) is 9.74. The Labute approximate surface area is 189 Å². The summed E-state index contributed by atoms with van der Waals surface area (Å²) in [5.74, 6) is 1.11. The molecule has 1 atom stereocenters. The summed E-state index contributed by atoms with van der Waals surface area (Å²) in [6.45, 7) is 10.2. The summed E-state index contributed by atoms with van der Waals surface area (Å²) >= 11 is 5.37. The maximum absolute atomic E-state index is 13.2. The molecule has 0 fully saturated rings. The summed E-state index contributed by atoms with van der Waals surface area (Å²) in [6, 6.07) is 13.0. The highest BCUT2D eigenvalue weighted by Crippen LogP contribution is 2.35. The molecule has 2 aromatic carbocycles. The fourth-order valence-corrected chi connectivity index (χ4v) is 3.67. The Balaban J connectivity index is 1.96. The third-order valence-corrected chi connectivity index (χ3v) is 5.01. The second-order valence-corrected chi connectivity index (χ2v) is 8.10. The fourth-order valence-electron chi connectivity index (χ4n) is 3.40. The Kier molecular flexibility index (Phi) is 7.17. The molecule has 0 saturated carbocycles. The van der Waals surface area contributed by atoms with Gasteiger partial charge in [0.1, 0.15) is 0 Å². The summed E-state index contributed by atoms with van der Waals surface area (Å²) in [4.78, 5) is 13.2. The van der Waals surface area contributed by atoms with Gasteiger partial charge in [-0.15, -0.1) is 0 Å². The van der Waals surface area contributed by atoms with E-state index < -0.39 is 6.04 Å². The first-order valence-corrected chi connectivity index (χ1v) is 10.8. The number of carbonyl (C=O) groups is 1. The lowest BCUT2D eigenvalue weighted by molar-refractivity contribution is -0.113. The minimum absolute atomic E-state index is 0.0210. The predicted octanol–water partition coefficient (Wildman–Crippen LogP) is 4.61. The molecule has 3 rings (SSSR count). The average Bonchev–Trinajstić information content (AvgIpc) is 2.70. The SMILES string of the molecule is CCOc1cc([C@H]2NC(=S)NC(C)=C2C(=O)Nc2ccc(C)cc2)ccc1OC(C)C. The summed E-state index contributed by atoms with van der Waals surface area (Å²) in [6.07, 6.45) is 0.0210.